The largest absolute Gasteiger partial charge is 0.379 e. The standard InChI is InChI=1S/C20H30ClN3O2/c1-20(22)8-3-2-7-17(20)19(25)23-14-18(24-9-11-26-12-10-24)15-5-4-6-16(21)13-15/h4-6,13,17-18H,2-3,7-12,14,22H2,1H3,(H,23,25). The van der Waals surface area contributed by atoms with Gasteiger partial charge in [0.1, 0.15) is 0 Å². The van der Waals surface area contributed by atoms with Crippen LogP contribution in [-0.4, -0.2) is 49.2 Å². The van der Waals surface area contributed by atoms with Crippen molar-refractivity contribution in [2.75, 3.05) is 32.8 Å². The maximum absolute atomic E-state index is 12.8. The monoisotopic (exact) mass is 379 g/mol. The maximum Gasteiger partial charge on any atom is 0.225 e. The van der Waals surface area contributed by atoms with Gasteiger partial charge in [0.2, 0.25) is 5.91 Å². The molecule has 3 atom stereocenters. The van der Waals surface area contributed by atoms with Crippen molar-refractivity contribution in [1.82, 2.24) is 10.2 Å². The normalized spacial score (nSPS) is 28.5. The zero-order chi connectivity index (χ0) is 18.6. The van der Waals surface area contributed by atoms with Crippen LogP contribution in [0.15, 0.2) is 24.3 Å². The van der Waals surface area contributed by atoms with Gasteiger partial charge < -0.3 is 15.8 Å². The van der Waals surface area contributed by atoms with Crippen molar-refractivity contribution >= 4 is 17.5 Å². The van der Waals surface area contributed by atoms with Crippen molar-refractivity contribution in [3.8, 4) is 0 Å². The Bertz CT molecular complexity index is 617. The molecule has 5 nitrogen and oxygen atoms in total. The molecular weight excluding hydrogens is 350 g/mol. The molecule has 0 radical (unpaired) electrons. The van der Waals surface area contributed by atoms with Gasteiger partial charge in [-0.15, -0.1) is 0 Å². The van der Waals surface area contributed by atoms with E-state index in [1.165, 1.54) is 0 Å². The highest BCUT2D eigenvalue weighted by Crippen LogP contribution is 2.32. The maximum atomic E-state index is 12.8. The number of carbonyl (C=O) groups excluding carboxylic acids is 1. The third-order valence-corrected chi connectivity index (χ3v) is 6.00. The Labute approximate surface area is 161 Å². The number of halogens is 1. The topological polar surface area (TPSA) is 67.6 Å². The summed E-state index contributed by atoms with van der Waals surface area (Å²) in [6.07, 6.45) is 3.96. The molecule has 1 aromatic rings. The summed E-state index contributed by atoms with van der Waals surface area (Å²) < 4.78 is 5.49. The summed E-state index contributed by atoms with van der Waals surface area (Å²) >= 11 is 6.20. The Morgan fingerprint density at radius 2 is 2.19 bits per heavy atom. The highest BCUT2D eigenvalue weighted by Gasteiger charge is 2.38. The van der Waals surface area contributed by atoms with E-state index in [2.05, 4.69) is 16.3 Å². The SMILES string of the molecule is CC1(N)CCCCC1C(=O)NCC(c1cccc(Cl)c1)N1CCOCC1. The van der Waals surface area contributed by atoms with Gasteiger partial charge in [-0.3, -0.25) is 9.69 Å². The van der Waals surface area contributed by atoms with Crippen molar-refractivity contribution in [2.24, 2.45) is 11.7 Å². The van der Waals surface area contributed by atoms with Gasteiger partial charge in [-0.25, -0.2) is 0 Å². The molecule has 3 N–H and O–H groups in total. The van der Waals surface area contributed by atoms with Gasteiger partial charge in [0, 0.05) is 30.2 Å². The summed E-state index contributed by atoms with van der Waals surface area (Å²) in [6.45, 7) is 5.71. The van der Waals surface area contributed by atoms with Crippen LogP contribution in [0.1, 0.15) is 44.2 Å². The summed E-state index contributed by atoms with van der Waals surface area (Å²) in [4.78, 5) is 15.2. The first-order valence-corrected chi connectivity index (χ1v) is 9.99. The summed E-state index contributed by atoms with van der Waals surface area (Å²) in [6, 6.07) is 7.99. The Morgan fingerprint density at radius 1 is 1.42 bits per heavy atom. The first-order chi connectivity index (χ1) is 12.5. The number of nitrogens with two attached hydrogens (primary N) is 1. The number of nitrogens with one attached hydrogen (secondary N) is 1. The lowest BCUT2D eigenvalue weighted by Crippen LogP contribution is -2.54. The van der Waals surface area contributed by atoms with Gasteiger partial charge in [0.25, 0.3) is 0 Å². The van der Waals surface area contributed by atoms with Crippen LogP contribution in [-0.2, 0) is 9.53 Å². The molecule has 3 unspecified atom stereocenters. The Hall–Kier alpha value is -1.14. The van der Waals surface area contributed by atoms with Crippen LogP contribution in [0.5, 0.6) is 0 Å². The molecule has 1 heterocycles. The molecule has 1 aliphatic carbocycles. The van der Waals surface area contributed by atoms with Gasteiger partial charge in [0.05, 0.1) is 25.2 Å². The number of benzene rings is 1. The Balaban J connectivity index is 1.70. The van der Waals surface area contributed by atoms with Crippen molar-refractivity contribution in [1.29, 1.82) is 0 Å². The molecule has 26 heavy (non-hydrogen) atoms. The van der Waals surface area contributed by atoms with Crippen LogP contribution in [0, 0.1) is 5.92 Å². The molecule has 1 saturated heterocycles. The summed E-state index contributed by atoms with van der Waals surface area (Å²) in [5.74, 6) is -0.0315. The molecule has 6 heteroatoms. The highest BCUT2D eigenvalue weighted by atomic mass is 35.5. The number of carbonyl (C=O) groups is 1. The second kappa shape index (κ2) is 8.70. The zero-order valence-corrected chi connectivity index (χ0v) is 16.3. The fourth-order valence-corrected chi connectivity index (χ4v) is 4.37. The van der Waals surface area contributed by atoms with E-state index in [4.69, 9.17) is 22.1 Å². The van der Waals surface area contributed by atoms with E-state index < -0.39 is 5.54 Å². The minimum absolute atomic E-state index is 0.0787. The molecule has 1 saturated carbocycles. The van der Waals surface area contributed by atoms with Crippen LogP contribution in [0.3, 0.4) is 0 Å². The predicted molar refractivity (Wildman–Crippen MR) is 104 cm³/mol. The summed E-state index contributed by atoms with van der Waals surface area (Å²) in [7, 11) is 0. The molecule has 0 spiro atoms. The molecule has 0 bridgehead atoms. The molecule has 1 aliphatic heterocycles. The average molecular weight is 380 g/mol. The number of hydrogen-bond acceptors (Lipinski definition) is 4. The summed E-state index contributed by atoms with van der Waals surface area (Å²) in [5, 5.41) is 3.90. The quantitative estimate of drug-likeness (QED) is 0.825. The van der Waals surface area contributed by atoms with Gasteiger partial charge in [-0.05, 0) is 37.5 Å². The minimum Gasteiger partial charge on any atom is -0.379 e. The van der Waals surface area contributed by atoms with Crippen molar-refractivity contribution in [3.05, 3.63) is 34.9 Å². The molecule has 3 rings (SSSR count). The Kier molecular flexibility index (Phi) is 6.56. The fourth-order valence-electron chi connectivity index (χ4n) is 4.17. The fraction of sp³-hybridized carbons (Fsp3) is 0.650. The second-order valence-corrected chi connectivity index (χ2v) is 8.20. The van der Waals surface area contributed by atoms with E-state index in [1.54, 1.807) is 0 Å². The van der Waals surface area contributed by atoms with Crippen LogP contribution in [0.4, 0.5) is 0 Å². The predicted octanol–water partition coefficient (Wildman–Crippen LogP) is 2.74. The first-order valence-electron chi connectivity index (χ1n) is 9.61. The van der Waals surface area contributed by atoms with Gasteiger partial charge >= 0.3 is 0 Å². The third-order valence-electron chi connectivity index (χ3n) is 5.76. The molecule has 1 amide bonds. The van der Waals surface area contributed by atoms with E-state index >= 15 is 0 Å². The number of ether oxygens (including phenoxy) is 1. The Morgan fingerprint density at radius 3 is 2.88 bits per heavy atom. The van der Waals surface area contributed by atoms with Crippen LogP contribution < -0.4 is 11.1 Å². The van der Waals surface area contributed by atoms with Gasteiger partial charge in [0.15, 0.2) is 0 Å². The van der Waals surface area contributed by atoms with Crippen molar-refractivity contribution < 1.29 is 9.53 Å². The van der Waals surface area contributed by atoms with E-state index in [-0.39, 0.29) is 17.9 Å². The van der Waals surface area contributed by atoms with Crippen LogP contribution in [0.25, 0.3) is 0 Å². The number of hydrogen-bond donors (Lipinski definition) is 2. The smallest absolute Gasteiger partial charge is 0.225 e. The summed E-state index contributed by atoms with van der Waals surface area (Å²) in [5.41, 5.74) is 7.11. The molecule has 2 fully saturated rings. The molecule has 2 aliphatic rings. The number of rotatable bonds is 5. The lowest BCUT2D eigenvalue weighted by Gasteiger charge is -2.38. The van der Waals surface area contributed by atoms with Crippen molar-refractivity contribution in [3.63, 3.8) is 0 Å². The average Bonchev–Trinajstić information content (AvgIpc) is 2.62. The van der Waals surface area contributed by atoms with Gasteiger partial charge in [-0.2, -0.15) is 0 Å². The highest BCUT2D eigenvalue weighted by molar-refractivity contribution is 6.30. The van der Waals surface area contributed by atoms with Gasteiger partial charge in [-0.1, -0.05) is 36.6 Å². The van der Waals surface area contributed by atoms with E-state index in [0.717, 1.165) is 44.3 Å². The molecule has 0 aromatic heterocycles. The lowest BCUT2D eigenvalue weighted by atomic mass is 9.74. The lowest BCUT2D eigenvalue weighted by molar-refractivity contribution is -0.128. The number of nitrogens with zero attached hydrogens (tertiary/aromatic N) is 1. The van der Waals surface area contributed by atoms with Crippen LogP contribution >= 0.6 is 11.6 Å². The van der Waals surface area contributed by atoms with Crippen molar-refractivity contribution in [2.45, 2.75) is 44.2 Å². The second-order valence-electron chi connectivity index (χ2n) is 7.77. The zero-order valence-electron chi connectivity index (χ0n) is 15.5. The van der Waals surface area contributed by atoms with E-state index in [0.29, 0.717) is 24.8 Å². The van der Waals surface area contributed by atoms with E-state index in [9.17, 15) is 4.79 Å². The third kappa shape index (κ3) is 4.77. The minimum atomic E-state index is -0.410. The molecule has 144 valence electrons. The van der Waals surface area contributed by atoms with E-state index in [1.807, 2.05) is 25.1 Å². The number of morpholine rings is 1. The van der Waals surface area contributed by atoms with Crippen LogP contribution in [0.2, 0.25) is 5.02 Å². The molecule has 1 aromatic carbocycles. The number of amides is 1. The first kappa shape index (κ1) is 19.6. The molecular formula is C20H30ClN3O2.